The largest absolute Gasteiger partial charge is 0.444 e. The molecule has 0 unspecified atom stereocenters. The van der Waals surface area contributed by atoms with Crippen LogP contribution in [-0.2, 0) is 53.4 Å². The topological polar surface area (TPSA) is 171 Å². The van der Waals surface area contributed by atoms with Crippen molar-refractivity contribution in [2.45, 2.75) is 119 Å². The first kappa shape index (κ1) is 36.6. The highest BCUT2D eigenvalue weighted by Gasteiger charge is 2.62. The number of rotatable bonds is 7. The molecule has 0 spiro atoms. The smallest absolute Gasteiger partial charge is 0.410 e. The van der Waals surface area contributed by atoms with Crippen molar-refractivity contribution in [3.8, 4) is 0 Å². The number of ether oxygens (including phenoxy) is 1. The van der Waals surface area contributed by atoms with Crippen LogP contribution in [0, 0.1) is 5.92 Å². The van der Waals surface area contributed by atoms with E-state index in [2.05, 4.69) is 17.2 Å². The standard InChI is InChI=1S/C34H42F3N5O8S/c1-2-22-15-33(22,31(46)40-51(48,49)24-12-13-24)39-29(44)27-14-23-18-42(27)30(45)26(16-34(35,36)37)38-28(43)11-6-4-3-5-8-20-9-7-10-21-17-41(19-25(20)21)32(47)50-23/h2,7,9-10,22-24,26-27H,1,3-6,8,11-19H2,(H,38,43)(H,39,44)(H,40,46)/t22-,23-,26+,27+,33-/m1/s1. The first-order valence-electron chi connectivity index (χ1n) is 17.3. The number of sulfonamides is 1. The highest BCUT2D eigenvalue weighted by molar-refractivity contribution is 7.91. The number of carbonyl (C=O) groups is 5. The van der Waals surface area contributed by atoms with Gasteiger partial charge in [-0.05, 0) is 55.2 Å². The molecule has 3 N–H and O–H groups in total. The predicted molar refractivity (Wildman–Crippen MR) is 175 cm³/mol. The molecule has 2 saturated carbocycles. The highest BCUT2D eigenvalue weighted by atomic mass is 32.2. The van der Waals surface area contributed by atoms with Crippen LogP contribution in [0.2, 0.25) is 0 Å². The molecule has 3 heterocycles. The van der Waals surface area contributed by atoms with Gasteiger partial charge in [-0.15, -0.1) is 6.58 Å². The number of nitrogens with zero attached hydrogens (tertiary/aromatic N) is 2. The van der Waals surface area contributed by atoms with Crippen molar-refractivity contribution in [3.05, 3.63) is 47.5 Å². The Bertz CT molecular complexity index is 1720. The molecule has 0 radical (unpaired) electrons. The molecule has 17 heteroatoms. The Morgan fingerprint density at radius 3 is 2.43 bits per heavy atom. The predicted octanol–water partition coefficient (Wildman–Crippen LogP) is 2.72. The van der Waals surface area contributed by atoms with Crippen LogP contribution in [0.3, 0.4) is 0 Å². The minimum Gasteiger partial charge on any atom is -0.444 e. The maximum absolute atomic E-state index is 13.9. The van der Waals surface area contributed by atoms with Gasteiger partial charge < -0.3 is 20.3 Å². The molecule has 13 nitrogen and oxygen atoms in total. The van der Waals surface area contributed by atoms with E-state index in [0.29, 0.717) is 25.7 Å². The van der Waals surface area contributed by atoms with Crippen LogP contribution in [0.4, 0.5) is 18.0 Å². The minimum atomic E-state index is -4.87. The van der Waals surface area contributed by atoms with Crippen LogP contribution in [0.25, 0.3) is 0 Å². The molecule has 2 aliphatic carbocycles. The number of alkyl halides is 3. The van der Waals surface area contributed by atoms with Crippen LogP contribution in [-0.4, -0.2) is 89.6 Å². The number of benzene rings is 1. The van der Waals surface area contributed by atoms with Gasteiger partial charge in [-0.1, -0.05) is 37.1 Å². The number of hydrogen-bond acceptors (Lipinski definition) is 8. The normalized spacial score (nSPS) is 28.9. The van der Waals surface area contributed by atoms with Gasteiger partial charge in [0.05, 0.1) is 18.2 Å². The second-order valence-corrected chi connectivity index (χ2v) is 16.2. The Balaban J connectivity index is 1.27. The van der Waals surface area contributed by atoms with Crippen molar-refractivity contribution in [1.29, 1.82) is 0 Å². The Kier molecular flexibility index (Phi) is 10.1. The molecular formula is C34H42F3N5O8S. The number of nitrogens with one attached hydrogen (secondary N) is 3. The van der Waals surface area contributed by atoms with Crippen molar-refractivity contribution >= 4 is 39.7 Å². The summed E-state index contributed by atoms with van der Waals surface area (Å²) in [5.74, 6) is -4.57. The van der Waals surface area contributed by atoms with E-state index < -0.39 is 93.8 Å². The third-order valence-corrected chi connectivity index (χ3v) is 12.2. The van der Waals surface area contributed by atoms with Crippen LogP contribution in [0.5, 0.6) is 0 Å². The van der Waals surface area contributed by atoms with E-state index in [1.165, 1.54) is 11.0 Å². The van der Waals surface area contributed by atoms with Gasteiger partial charge in [0.15, 0.2) is 0 Å². The number of hydrogen-bond donors (Lipinski definition) is 3. The quantitative estimate of drug-likeness (QED) is 0.359. The second kappa shape index (κ2) is 14.1. The average molecular weight is 738 g/mol. The zero-order valence-electron chi connectivity index (χ0n) is 28.0. The molecule has 6 rings (SSSR count). The summed E-state index contributed by atoms with van der Waals surface area (Å²) in [6, 6.07) is 2.25. The molecule has 5 amide bonds. The van der Waals surface area contributed by atoms with Gasteiger partial charge in [0.1, 0.15) is 23.7 Å². The fourth-order valence-electron chi connectivity index (χ4n) is 7.32. The first-order chi connectivity index (χ1) is 24.1. The Hall–Kier alpha value is -4.15. The van der Waals surface area contributed by atoms with E-state index in [9.17, 15) is 45.6 Å². The first-order valence-corrected chi connectivity index (χ1v) is 18.9. The summed E-state index contributed by atoms with van der Waals surface area (Å²) in [5, 5.41) is 4.03. The van der Waals surface area contributed by atoms with Gasteiger partial charge in [-0.2, -0.15) is 13.2 Å². The Labute approximate surface area is 293 Å². The average Bonchev–Trinajstić information content (AvgIpc) is 3.95. The van der Waals surface area contributed by atoms with Crippen LogP contribution in [0.15, 0.2) is 30.9 Å². The van der Waals surface area contributed by atoms with Crippen molar-refractivity contribution in [2.24, 2.45) is 5.92 Å². The van der Waals surface area contributed by atoms with Gasteiger partial charge in [0.25, 0.3) is 5.91 Å². The highest BCUT2D eigenvalue weighted by Crippen LogP contribution is 2.45. The van der Waals surface area contributed by atoms with Gasteiger partial charge in [-0.25, -0.2) is 13.2 Å². The van der Waals surface area contributed by atoms with Crippen molar-refractivity contribution < 1.29 is 50.3 Å². The summed E-state index contributed by atoms with van der Waals surface area (Å²) in [4.78, 5) is 69.8. The molecule has 5 atom stereocenters. The van der Waals surface area contributed by atoms with E-state index in [-0.39, 0.29) is 32.4 Å². The maximum atomic E-state index is 13.9. The third-order valence-electron chi connectivity index (χ3n) is 10.4. The molecule has 5 aliphatic rings. The molecule has 51 heavy (non-hydrogen) atoms. The van der Waals surface area contributed by atoms with Gasteiger partial charge in [0, 0.05) is 31.8 Å². The van der Waals surface area contributed by atoms with Crippen molar-refractivity contribution in [3.63, 3.8) is 0 Å². The summed E-state index contributed by atoms with van der Waals surface area (Å²) in [6.45, 7) is 3.74. The monoisotopic (exact) mass is 737 g/mol. The lowest BCUT2D eigenvalue weighted by atomic mass is 9.98. The lowest BCUT2D eigenvalue weighted by molar-refractivity contribution is -0.157. The summed E-state index contributed by atoms with van der Waals surface area (Å²) in [5.41, 5.74) is 1.33. The van der Waals surface area contributed by atoms with E-state index in [4.69, 9.17) is 4.74 Å². The van der Waals surface area contributed by atoms with Gasteiger partial charge in [0.2, 0.25) is 27.7 Å². The van der Waals surface area contributed by atoms with Crippen molar-refractivity contribution in [2.75, 3.05) is 6.54 Å². The van der Waals surface area contributed by atoms with Crippen LogP contribution >= 0.6 is 0 Å². The summed E-state index contributed by atoms with van der Waals surface area (Å²) < 4.78 is 74.3. The molecule has 0 aromatic heterocycles. The summed E-state index contributed by atoms with van der Waals surface area (Å²) in [7, 11) is -4.00. The lowest BCUT2D eigenvalue weighted by Gasteiger charge is -2.30. The van der Waals surface area contributed by atoms with Crippen molar-refractivity contribution in [1.82, 2.24) is 25.2 Å². The Morgan fingerprint density at radius 1 is 1.06 bits per heavy atom. The molecule has 1 aromatic carbocycles. The van der Waals surface area contributed by atoms with E-state index in [1.54, 1.807) is 0 Å². The van der Waals surface area contributed by atoms with E-state index >= 15 is 0 Å². The summed E-state index contributed by atoms with van der Waals surface area (Å²) in [6.07, 6.45) is -3.37. The Morgan fingerprint density at radius 2 is 1.76 bits per heavy atom. The molecule has 4 bridgehead atoms. The molecule has 1 aromatic rings. The second-order valence-electron chi connectivity index (χ2n) is 14.2. The third kappa shape index (κ3) is 8.17. The number of amides is 5. The maximum Gasteiger partial charge on any atom is 0.410 e. The van der Waals surface area contributed by atoms with Crippen LogP contribution < -0.4 is 15.4 Å². The van der Waals surface area contributed by atoms with E-state index in [0.717, 1.165) is 40.9 Å². The minimum absolute atomic E-state index is 0.00238. The lowest BCUT2D eigenvalue weighted by Crippen LogP contribution is -2.58. The summed E-state index contributed by atoms with van der Waals surface area (Å²) >= 11 is 0. The zero-order valence-corrected chi connectivity index (χ0v) is 28.8. The molecule has 1 saturated heterocycles. The van der Waals surface area contributed by atoms with E-state index in [1.807, 2.05) is 22.9 Å². The SMILES string of the molecule is C=C[C@@H]1C[C@]1(NC(=O)[C@@H]1C[C@@H]2CN1C(=O)[C@H](CC(F)(F)F)NC(=O)CCCCCCc1cccc3c1CN(C3)C(=O)O2)C(=O)NS(=O)(=O)C1CC1. The number of halogens is 3. The molecule has 278 valence electrons. The molecular weight excluding hydrogens is 695 g/mol. The molecule has 3 aliphatic heterocycles. The van der Waals surface area contributed by atoms with Crippen LogP contribution in [0.1, 0.15) is 80.9 Å². The number of carbonyl (C=O) groups excluding carboxylic acids is 5. The fraction of sp³-hybridized carbons (Fsp3) is 0.618. The fourth-order valence-corrected chi connectivity index (χ4v) is 8.68. The number of aryl methyl sites for hydroxylation is 1. The zero-order chi connectivity index (χ0) is 36.7. The van der Waals surface area contributed by atoms with Gasteiger partial charge >= 0.3 is 12.3 Å². The molecule has 3 fully saturated rings. The van der Waals surface area contributed by atoms with Gasteiger partial charge in [-0.3, -0.25) is 28.8 Å². The number of fused-ring (bicyclic) bond motifs is 3.